The Kier molecular flexibility index (Phi) is 3.72. The Hall–Kier alpha value is -1.34. The molecular formula is C11H13BrN4OS. The van der Waals surface area contributed by atoms with E-state index < -0.39 is 0 Å². The van der Waals surface area contributed by atoms with E-state index in [4.69, 9.17) is 5.73 Å². The quantitative estimate of drug-likeness (QED) is 0.938. The number of hydrogen-bond donors (Lipinski definition) is 1. The average molecular weight is 329 g/mol. The molecule has 18 heavy (non-hydrogen) atoms. The first kappa shape index (κ1) is 13.1. The molecule has 0 spiro atoms. The van der Waals surface area contributed by atoms with E-state index in [0.717, 1.165) is 9.35 Å². The van der Waals surface area contributed by atoms with Gasteiger partial charge in [-0.25, -0.2) is 0 Å². The Morgan fingerprint density at radius 1 is 1.67 bits per heavy atom. The van der Waals surface area contributed by atoms with Gasteiger partial charge in [-0.1, -0.05) is 0 Å². The van der Waals surface area contributed by atoms with Crippen LogP contribution < -0.4 is 5.73 Å². The van der Waals surface area contributed by atoms with Crippen molar-refractivity contribution >= 4 is 38.9 Å². The zero-order valence-corrected chi connectivity index (χ0v) is 12.5. The minimum Gasteiger partial charge on any atom is -0.396 e. The molecule has 2 N–H and O–H groups in total. The molecule has 0 unspecified atom stereocenters. The predicted molar refractivity (Wildman–Crippen MR) is 75.4 cm³/mol. The number of nitrogens with zero attached hydrogens (tertiary/aromatic N) is 3. The van der Waals surface area contributed by atoms with Gasteiger partial charge in [-0.2, -0.15) is 5.10 Å². The normalized spacial score (nSPS) is 10.6. The van der Waals surface area contributed by atoms with E-state index in [9.17, 15) is 4.79 Å². The van der Waals surface area contributed by atoms with Crippen LogP contribution in [0.15, 0.2) is 22.1 Å². The molecule has 2 aromatic heterocycles. The number of aryl methyl sites for hydroxylation is 1. The van der Waals surface area contributed by atoms with Crippen LogP contribution in [0.3, 0.4) is 0 Å². The molecule has 0 aliphatic rings. The van der Waals surface area contributed by atoms with Crippen molar-refractivity contribution in [3.63, 3.8) is 0 Å². The number of nitrogen functional groups attached to an aromatic ring is 1. The van der Waals surface area contributed by atoms with Gasteiger partial charge in [0.25, 0.3) is 5.91 Å². The number of anilines is 1. The van der Waals surface area contributed by atoms with E-state index in [1.165, 1.54) is 10.9 Å². The molecule has 0 fully saturated rings. The minimum absolute atomic E-state index is 0.128. The fourth-order valence-electron chi connectivity index (χ4n) is 1.64. The Labute approximate surface area is 117 Å². The van der Waals surface area contributed by atoms with Gasteiger partial charge in [-0.05, 0) is 22.0 Å². The van der Waals surface area contributed by atoms with E-state index in [0.29, 0.717) is 17.9 Å². The van der Waals surface area contributed by atoms with Gasteiger partial charge in [0.05, 0.1) is 18.4 Å². The second kappa shape index (κ2) is 5.11. The molecule has 7 heteroatoms. The summed E-state index contributed by atoms with van der Waals surface area (Å²) < 4.78 is 2.53. The van der Waals surface area contributed by atoms with Gasteiger partial charge in [0.15, 0.2) is 0 Å². The van der Waals surface area contributed by atoms with Gasteiger partial charge in [-0.3, -0.25) is 9.48 Å². The maximum absolute atomic E-state index is 12.2. The summed E-state index contributed by atoms with van der Waals surface area (Å²) in [5, 5.41) is 5.96. The highest BCUT2D eigenvalue weighted by Crippen LogP contribution is 2.22. The summed E-state index contributed by atoms with van der Waals surface area (Å²) in [7, 11) is 3.46. The van der Waals surface area contributed by atoms with Gasteiger partial charge in [-0.15, -0.1) is 11.3 Å². The van der Waals surface area contributed by atoms with Gasteiger partial charge < -0.3 is 10.6 Å². The number of nitrogens with two attached hydrogens (primary N) is 1. The van der Waals surface area contributed by atoms with Crippen molar-refractivity contribution in [1.29, 1.82) is 0 Å². The molecule has 0 aliphatic heterocycles. The van der Waals surface area contributed by atoms with Crippen molar-refractivity contribution in [3.8, 4) is 0 Å². The summed E-state index contributed by atoms with van der Waals surface area (Å²) in [6.07, 6.45) is 1.49. The molecular weight excluding hydrogens is 316 g/mol. The number of thiophene rings is 1. The summed E-state index contributed by atoms with van der Waals surface area (Å²) in [5.74, 6) is -0.128. The first-order chi connectivity index (χ1) is 8.49. The standard InChI is InChI=1S/C11H13BrN4OS/c1-15(5-8-3-7(12)6-18-8)11(17)10-9(13)4-14-16(10)2/h3-4,6H,5,13H2,1-2H3. The smallest absolute Gasteiger partial charge is 0.274 e. The van der Waals surface area contributed by atoms with E-state index in [1.807, 2.05) is 11.4 Å². The van der Waals surface area contributed by atoms with Crippen LogP contribution in [-0.2, 0) is 13.6 Å². The number of aromatic nitrogens is 2. The van der Waals surface area contributed by atoms with E-state index in [2.05, 4.69) is 21.0 Å². The summed E-state index contributed by atoms with van der Waals surface area (Å²) in [6.45, 7) is 0.555. The lowest BCUT2D eigenvalue weighted by molar-refractivity contribution is 0.0776. The third kappa shape index (κ3) is 2.56. The second-order valence-corrected chi connectivity index (χ2v) is 5.88. The van der Waals surface area contributed by atoms with Crippen molar-refractivity contribution in [3.05, 3.63) is 32.7 Å². The van der Waals surface area contributed by atoms with Crippen LogP contribution in [0.2, 0.25) is 0 Å². The fourth-order valence-corrected chi connectivity index (χ4v) is 3.14. The van der Waals surface area contributed by atoms with Crippen LogP contribution in [0.5, 0.6) is 0 Å². The second-order valence-electron chi connectivity index (χ2n) is 3.96. The summed E-state index contributed by atoms with van der Waals surface area (Å²) >= 11 is 5.00. The van der Waals surface area contributed by atoms with E-state index in [1.54, 1.807) is 30.3 Å². The maximum Gasteiger partial charge on any atom is 0.274 e. The van der Waals surface area contributed by atoms with Crippen molar-refractivity contribution in [2.75, 3.05) is 12.8 Å². The number of carbonyl (C=O) groups excluding carboxylic acids is 1. The highest BCUT2D eigenvalue weighted by Gasteiger charge is 2.19. The average Bonchev–Trinajstić information content (AvgIpc) is 2.85. The van der Waals surface area contributed by atoms with Crippen LogP contribution in [0.4, 0.5) is 5.69 Å². The van der Waals surface area contributed by atoms with Crippen LogP contribution in [0.1, 0.15) is 15.4 Å². The molecule has 0 saturated heterocycles. The van der Waals surface area contributed by atoms with Crippen molar-refractivity contribution in [2.45, 2.75) is 6.54 Å². The molecule has 1 amide bonds. The number of rotatable bonds is 3. The lowest BCUT2D eigenvalue weighted by atomic mass is 10.3. The number of amides is 1. The van der Waals surface area contributed by atoms with Crippen LogP contribution in [0.25, 0.3) is 0 Å². The van der Waals surface area contributed by atoms with Crippen molar-refractivity contribution < 1.29 is 4.79 Å². The first-order valence-corrected chi connectivity index (χ1v) is 6.92. The number of hydrogen-bond acceptors (Lipinski definition) is 4. The molecule has 0 aliphatic carbocycles. The molecule has 96 valence electrons. The number of halogens is 1. The molecule has 2 aromatic rings. The Balaban J connectivity index is 2.14. The minimum atomic E-state index is -0.128. The lowest BCUT2D eigenvalue weighted by Crippen LogP contribution is -2.28. The molecule has 2 rings (SSSR count). The zero-order valence-electron chi connectivity index (χ0n) is 10.1. The van der Waals surface area contributed by atoms with Crippen molar-refractivity contribution in [1.82, 2.24) is 14.7 Å². The van der Waals surface area contributed by atoms with Gasteiger partial charge in [0, 0.05) is 28.8 Å². The molecule has 0 aromatic carbocycles. The van der Waals surface area contributed by atoms with Gasteiger partial charge >= 0.3 is 0 Å². The highest BCUT2D eigenvalue weighted by molar-refractivity contribution is 9.10. The lowest BCUT2D eigenvalue weighted by Gasteiger charge is -2.16. The highest BCUT2D eigenvalue weighted by atomic mass is 79.9. The van der Waals surface area contributed by atoms with Gasteiger partial charge in [0.2, 0.25) is 0 Å². The Bertz CT molecular complexity index is 558. The van der Waals surface area contributed by atoms with E-state index in [-0.39, 0.29) is 5.91 Å². The Morgan fingerprint density at radius 3 is 2.89 bits per heavy atom. The molecule has 5 nitrogen and oxygen atoms in total. The SMILES string of the molecule is CN(Cc1cc(Br)cs1)C(=O)c1c(N)cnn1C. The first-order valence-electron chi connectivity index (χ1n) is 5.25. The monoisotopic (exact) mass is 328 g/mol. The Morgan fingerprint density at radius 2 is 2.39 bits per heavy atom. The van der Waals surface area contributed by atoms with Gasteiger partial charge in [0.1, 0.15) is 5.69 Å². The van der Waals surface area contributed by atoms with Crippen LogP contribution in [0, 0.1) is 0 Å². The molecule has 0 radical (unpaired) electrons. The third-order valence-corrected chi connectivity index (χ3v) is 4.21. The summed E-state index contributed by atoms with van der Waals surface area (Å²) in [4.78, 5) is 15.0. The van der Waals surface area contributed by atoms with Crippen LogP contribution >= 0.6 is 27.3 Å². The predicted octanol–water partition coefficient (Wildman–Crippen LogP) is 2.10. The van der Waals surface area contributed by atoms with Crippen molar-refractivity contribution in [2.24, 2.45) is 7.05 Å². The zero-order chi connectivity index (χ0) is 13.3. The summed E-state index contributed by atoms with van der Waals surface area (Å²) in [5.41, 5.74) is 6.57. The molecule has 0 atom stereocenters. The topological polar surface area (TPSA) is 64.2 Å². The molecule has 0 saturated carbocycles. The third-order valence-electron chi connectivity index (χ3n) is 2.53. The van der Waals surface area contributed by atoms with Crippen LogP contribution in [-0.4, -0.2) is 27.6 Å². The maximum atomic E-state index is 12.2. The molecule has 2 heterocycles. The number of carbonyl (C=O) groups is 1. The largest absolute Gasteiger partial charge is 0.396 e. The fraction of sp³-hybridized carbons (Fsp3) is 0.273. The van der Waals surface area contributed by atoms with E-state index >= 15 is 0 Å². The molecule has 0 bridgehead atoms. The summed E-state index contributed by atoms with van der Waals surface area (Å²) in [6, 6.07) is 2.00.